The molecule has 0 amide bonds. The van der Waals surface area contributed by atoms with Crippen molar-refractivity contribution in [1.82, 2.24) is 5.32 Å². The van der Waals surface area contributed by atoms with Crippen LogP contribution in [0.4, 0.5) is 5.69 Å². The van der Waals surface area contributed by atoms with E-state index >= 15 is 0 Å². The maximum atomic E-state index is 5.16. The summed E-state index contributed by atoms with van der Waals surface area (Å²) in [6.07, 6.45) is 1.01. The number of ether oxygens (including phenoxy) is 1. The number of halogens is 1. The Bertz CT molecular complexity index is 647. The van der Waals surface area contributed by atoms with E-state index in [4.69, 9.17) is 4.74 Å². The van der Waals surface area contributed by atoms with Gasteiger partial charge in [0.2, 0.25) is 0 Å². The number of methoxy groups -OCH3 is 1. The summed E-state index contributed by atoms with van der Waals surface area (Å²) < 4.78 is 8.58. The summed E-state index contributed by atoms with van der Waals surface area (Å²) in [5.41, 5.74) is 2.63. The van der Waals surface area contributed by atoms with Gasteiger partial charge in [0.15, 0.2) is 0 Å². The van der Waals surface area contributed by atoms with E-state index in [2.05, 4.69) is 62.2 Å². The van der Waals surface area contributed by atoms with Crippen LogP contribution in [-0.2, 0) is 4.74 Å². The van der Waals surface area contributed by atoms with Crippen molar-refractivity contribution in [3.05, 3.63) is 44.6 Å². The van der Waals surface area contributed by atoms with Crippen LogP contribution in [0.2, 0.25) is 0 Å². The quantitative estimate of drug-likeness (QED) is 0.583. The van der Waals surface area contributed by atoms with Crippen LogP contribution in [0.5, 0.6) is 0 Å². The molecular formula is C16H19BrN2OS2. The van der Waals surface area contributed by atoms with Crippen LogP contribution in [-0.4, -0.2) is 27.3 Å². The Morgan fingerprint density at radius 2 is 2.18 bits per heavy atom. The Morgan fingerprint density at radius 3 is 3.00 bits per heavy atom. The van der Waals surface area contributed by atoms with Gasteiger partial charge < -0.3 is 14.4 Å². The molecule has 3 rings (SSSR count). The zero-order valence-corrected chi connectivity index (χ0v) is 15.9. The summed E-state index contributed by atoms with van der Waals surface area (Å²) in [6.45, 7) is 1.73. The number of thiophene rings is 1. The highest BCUT2D eigenvalue weighted by molar-refractivity contribution is 9.10. The molecule has 22 heavy (non-hydrogen) atoms. The molecule has 0 radical (unpaired) electrons. The first-order valence-electron chi connectivity index (χ1n) is 7.22. The fourth-order valence-electron chi connectivity index (χ4n) is 2.66. The molecule has 6 heteroatoms. The highest BCUT2D eigenvalue weighted by Gasteiger charge is 2.29. The maximum Gasteiger partial charge on any atom is 0.0771 e. The minimum atomic E-state index is 0.233. The molecule has 0 bridgehead atoms. The second kappa shape index (κ2) is 7.36. The minimum Gasteiger partial charge on any atom is -0.385 e. The van der Waals surface area contributed by atoms with Crippen LogP contribution in [0, 0.1) is 0 Å². The third-order valence-electron chi connectivity index (χ3n) is 3.67. The molecule has 1 aromatic heterocycles. The van der Waals surface area contributed by atoms with Gasteiger partial charge in [-0.2, -0.15) is 0 Å². The van der Waals surface area contributed by atoms with Crippen LogP contribution in [0.15, 0.2) is 39.0 Å². The number of anilines is 1. The standard InChI is InChI=1S/C16H19BrN2OS2/c1-19-15-12(17)10-21-16(15)14(18-8-5-9-20-2)11-6-3-4-7-13(11)22-19/h3-4,6-7,10,14,18H,5,8-9H2,1-2H3. The van der Waals surface area contributed by atoms with Crippen LogP contribution in [0.3, 0.4) is 0 Å². The predicted molar refractivity (Wildman–Crippen MR) is 99.1 cm³/mol. The van der Waals surface area contributed by atoms with Crippen molar-refractivity contribution in [2.45, 2.75) is 17.4 Å². The number of nitrogens with zero attached hydrogens (tertiary/aromatic N) is 1. The average molecular weight is 399 g/mol. The molecule has 0 aliphatic carbocycles. The van der Waals surface area contributed by atoms with Gasteiger partial charge in [0.05, 0.1) is 21.1 Å². The van der Waals surface area contributed by atoms with E-state index in [0.717, 1.165) is 19.6 Å². The average Bonchev–Trinajstić information content (AvgIpc) is 2.84. The van der Waals surface area contributed by atoms with E-state index in [9.17, 15) is 0 Å². The lowest BCUT2D eigenvalue weighted by atomic mass is 10.0. The fraction of sp³-hybridized carbons (Fsp3) is 0.375. The smallest absolute Gasteiger partial charge is 0.0771 e. The van der Waals surface area contributed by atoms with Crippen molar-refractivity contribution in [2.24, 2.45) is 0 Å². The molecule has 118 valence electrons. The van der Waals surface area contributed by atoms with E-state index < -0.39 is 0 Å². The van der Waals surface area contributed by atoms with Crippen LogP contribution in [0.25, 0.3) is 0 Å². The molecule has 0 saturated carbocycles. The molecule has 0 spiro atoms. The molecule has 0 saturated heterocycles. The molecule has 3 nitrogen and oxygen atoms in total. The van der Waals surface area contributed by atoms with E-state index in [0.29, 0.717) is 0 Å². The molecule has 1 unspecified atom stereocenters. The second-order valence-electron chi connectivity index (χ2n) is 5.16. The number of rotatable bonds is 5. The lowest BCUT2D eigenvalue weighted by Crippen LogP contribution is -2.24. The van der Waals surface area contributed by atoms with E-state index in [1.807, 2.05) is 11.3 Å². The maximum absolute atomic E-state index is 5.16. The number of hydrogen-bond acceptors (Lipinski definition) is 5. The van der Waals surface area contributed by atoms with Crippen LogP contribution >= 0.6 is 39.2 Å². The van der Waals surface area contributed by atoms with Gasteiger partial charge >= 0.3 is 0 Å². The van der Waals surface area contributed by atoms with Gasteiger partial charge in [0, 0.05) is 31.0 Å². The predicted octanol–water partition coefficient (Wildman–Crippen LogP) is 4.68. The summed E-state index contributed by atoms with van der Waals surface area (Å²) in [6, 6.07) is 8.89. The molecule has 1 aromatic carbocycles. The van der Waals surface area contributed by atoms with E-state index in [-0.39, 0.29) is 6.04 Å². The lowest BCUT2D eigenvalue weighted by Gasteiger charge is -2.19. The molecule has 0 fully saturated rings. The SMILES string of the molecule is COCCCNC1c2ccccc2SN(C)c2c(Br)csc21. The van der Waals surface area contributed by atoms with Crippen molar-refractivity contribution in [3.63, 3.8) is 0 Å². The summed E-state index contributed by atoms with van der Waals surface area (Å²) in [4.78, 5) is 2.67. The summed E-state index contributed by atoms with van der Waals surface area (Å²) >= 11 is 7.30. The van der Waals surface area contributed by atoms with Gasteiger partial charge in [-0.25, -0.2) is 0 Å². The van der Waals surface area contributed by atoms with Gasteiger partial charge in [0.25, 0.3) is 0 Å². The zero-order valence-electron chi connectivity index (χ0n) is 12.6. The Hall–Kier alpha value is -0.530. The van der Waals surface area contributed by atoms with Crippen molar-refractivity contribution in [2.75, 3.05) is 31.6 Å². The monoisotopic (exact) mass is 398 g/mol. The second-order valence-corrected chi connectivity index (χ2v) is 8.09. The lowest BCUT2D eigenvalue weighted by molar-refractivity contribution is 0.193. The molecule has 1 aliphatic rings. The van der Waals surface area contributed by atoms with Crippen LogP contribution in [0.1, 0.15) is 22.9 Å². The number of hydrogen-bond donors (Lipinski definition) is 1. The first-order valence-corrected chi connectivity index (χ1v) is 9.66. The summed E-state index contributed by atoms with van der Waals surface area (Å²) in [7, 11) is 3.88. The Labute approximate surface area is 148 Å². The number of fused-ring (bicyclic) bond motifs is 2. The van der Waals surface area contributed by atoms with Crippen molar-refractivity contribution in [1.29, 1.82) is 0 Å². The van der Waals surface area contributed by atoms with Crippen molar-refractivity contribution in [3.8, 4) is 0 Å². The first kappa shape index (κ1) is 16.3. The molecule has 1 aliphatic heterocycles. The highest BCUT2D eigenvalue weighted by Crippen LogP contribution is 2.48. The van der Waals surface area contributed by atoms with E-state index in [1.54, 1.807) is 19.1 Å². The molecule has 2 aromatic rings. The first-order chi connectivity index (χ1) is 10.7. The highest BCUT2D eigenvalue weighted by atomic mass is 79.9. The summed E-state index contributed by atoms with van der Waals surface area (Å²) in [5.74, 6) is 0. The molecular weight excluding hydrogens is 380 g/mol. The summed E-state index contributed by atoms with van der Waals surface area (Å²) in [5, 5.41) is 5.89. The normalized spacial score (nSPS) is 17.0. The van der Waals surface area contributed by atoms with Crippen molar-refractivity contribution >= 4 is 44.9 Å². The molecule has 2 heterocycles. The van der Waals surface area contributed by atoms with Gasteiger partial charge in [0.1, 0.15) is 0 Å². The van der Waals surface area contributed by atoms with Gasteiger partial charge in [-0.05, 0) is 52.5 Å². The number of benzene rings is 1. The Morgan fingerprint density at radius 1 is 1.36 bits per heavy atom. The van der Waals surface area contributed by atoms with Gasteiger partial charge in [-0.15, -0.1) is 11.3 Å². The minimum absolute atomic E-state index is 0.233. The number of nitrogens with one attached hydrogen (secondary N) is 1. The van der Waals surface area contributed by atoms with Gasteiger partial charge in [-0.3, -0.25) is 0 Å². The third-order valence-corrected chi connectivity index (χ3v) is 6.63. The van der Waals surface area contributed by atoms with Crippen molar-refractivity contribution < 1.29 is 4.74 Å². The molecule has 1 atom stereocenters. The van der Waals surface area contributed by atoms with Crippen LogP contribution < -0.4 is 9.62 Å². The fourth-order valence-corrected chi connectivity index (χ4v) is 5.78. The Balaban J connectivity index is 1.96. The van der Waals surface area contributed by atoms with Gasteiger partial charge in [-0.1, -0.05) is 18.2 Å². The Kier molecular flexibility index (Phi) is 5.46. The topological polar surface area (TPSA) is 24.5 Å². The zero-order chi connectivity index (χ0) is 15.5. The molecule has 1 N–H and O–H groups in total. The largest absolute Gasteiger partial charge is 0.385 e. The van der Waals surface area contributed by atoms with E-state index in [1.165, 1.54) is 25.5 Å². The third kappa shape index (κ3) is 3.21.